The molecule has 0 aliphatic heterocycles. The monoisotopic (exact) mass is 237 g/mol. The van der Waals surface area contributed by atoms with E-state index in [0.717, 1.165) is 18.7 Å². The van der Waals surface area contributed by atoms with Gasteiger partial charge in [-0.15, -0.1) is 0 Å². The van der Waals surface area contributed by atoms with Crippen molar-refractivity contribution in [2.45, 2.75) is 6.04 Å². The van der Waals surface area contributed by atoms with Crippen LogP contribution in [0.4, 0.5) is 0 Å². The number of hydrogen-bond acceptors (Lipinski definition) is 3. The van der Waals surface area contributed by atoms with Gasteiger partial charge in [-0.2, -0.15) is 5.26 Å². The van der Waals surface area contributed by atoms with Gasteiger partial charge in [-0.1, -0.05) is 23.7 Å². The Labute approximate surface area is 102 Å². The van der Waals surface area contributed by atoms with Gasteiger partial charge in [0.05, 0.1) is 6.07 Å². The Balaban J connectivity index is 2.58. The zero-order valence-corrected chi connectivity index (χ0v) is 10.3. The van der Waals surface area contributed by atoms with Crippen molar-refractivity contribution >= 4 is 11.6 Å². The number of hydrogen-bond donors (Lipinski definition) is 1. The third-order valence-corrected chi connectivity index (χ3v) is 2.45. The highest BCUT2D eigenvalue weighted by atomic mass is 35.5. The molecule has 0 bridgehead atoms. The SMILES string of the molecule is CN(C)CCNC(C#N)c1cccc(Cl)c1. The van der Waals surface area contributed by atoms with Gasteiger partial charge in [-0.05, 0) is 31.8 Å². The molecule has 16 heavy (non-hydrogen) atoms. The molecule has 0 aliphatic carbocycles. The maximum Gasteiger partial charge on any atom is 0.121 e. The summed E-state index contributed by atoms with van der Waals surface area (Å²) in [5.41, 5.74) is 0.911. The Morgan fingerprint density at radius 3 is 2.81 bits per heavy atom. The Morgan fingerprint density at radius 1 is 1.50 bits per heavy atom. The molecular weight excluding hydrogens is 222 g/mol. The number of halogens is 1. The van der Waals surface area contributed by atoms with Crippen molar-refractivity contribution in [3.05, 3.63) is 34.9 Å². The van der Waals surface area contributed by atoms with Crippen LogP contribution in [0.15, 0.2) is 24.3 Å². The number of nitriles is 1. The zero-order valence-electron chi connectivity index (χ0n) is 9.57. The molecule has 0 heterocycles. The van der Waals surface area contributed by atoms with Gasteiger partial charge in [0.1, 0.15) is 6.04 Å². The van der Waals surface area contributed by atoms with Gasteiger partial charge in [-0.3, -0.25) is 5.32 Å². The summed E-state index contributed by atoms with van der Waals surface area (Å²) in [6, 6.07) is 9.32. The van der Waals surface area contributed by atoms with E-state index in [-0.39, 0.29) is 6.04 Å². The van der Waals surface area contributed by atoms with Crippen LogP contribution in [0.2, 0.25) is 5.02 Å². The molecule has 1 rings (SSSR count). The molecule has 0 spiro atoms. The van der Waals surface area contributed by atoms with E-state index in [9.17, 15) is 0 Å². The number of benzene rings is 1. The van der Waals surface area contributed by atoms with Crippen LogP contribution in [0.5, 0.6) is 0 Å². The first-order chi connectivity index (χ1) is 7.63. The molecule has 0 amide bonds. The lowest BCUT2D eigenvalue weighted by Gasteiger charge is -2.14. The minimum absolute atomic E-state index is 0.293. The lowest BCUT2D eigenvalue weighted by Crippen LogP contribution is -2.29. The summed E-state index contributed by atoms with van der Waals surface area (Å²) < 4.78 is 0. The smallest absolute Gasteiger partial charge is 0.121 e. The van der Waals surface area contributed by atoms with Crippen LogP contribution in [-0.2, 0) is 0 Å². The molecule has 1 aromatic rings. The second-order valence-electron chi connectivity index (χ2n) is 3.87. The first-order valence-electron chi connectivity index (χ1n) is 5.16. The van der Waals surface area contributed by atoms with E-state index in [0.29, 0.717) is 5.02 Å². The van der Waals surface area contributed by atoms with Gasteiger partial charge in [0.25, 0.3) is 0 Å². The fraction of sp³-hybridized carbons (Fsp3) is 0.417. The van der Waals surface area contributed by atoms with Gasteiger partial charge in [0, 0.05) is 18.1 Å². The fourth-order valence-electron chi connectivity index (χ4n) is 1.36. The third-order valence-electron chi connectivity index (χ3n) is 2.22. The van der Waals surface area contributed by atoms with Crippen LogP contribution >= 0.6 is 11.6 Å². The molecule has 0 saturated heterocycles. The second kappa shape index (κ2) is 6.49. The maximum absolute atomic E-state index is 9.07. The number of likely N-dealkylation sites (N-methyl/N-ethyl adjacent to an activating group) is 1. The Kier molecular flexibility index (Phi) is 5.27. The van der Waals surface area contributed by atoms with E-state index in [2.05, 4.69) is 16.3 Å². The number of rotatable bonds is 5. The van der Waals surface area contributed by atoms with Gasteiger partial charge >= 0.3 is 0 Å². The summed E-state index contributed by atoms with van der Waals surface area (Å²) in [5.74, 6) is 0. The van der Waals surface area contributed by atoms with E-state index >= 15 is 0 Å². The summed E-state index contributed by atoms with van der Waals surface area (Å²) in [6.45, 7) is 1.68. The van der Waals surface area contributed by atoms with Gasteiger partial charge in [0.15, 0.2) is 0 Å². The maximum atomic E-state index is 9.07. The van der Waals surface area contributed by atoms with Crippen molar-refractivity contribution in [1.82, 2.24) is 10.2 Å². The first kappa shape index (κ1) is 13.0. The van der Waals surface area contributed by atoms with Crippen molar-refractivity contribution in [2.75, 3.05) is 27.2 Å². The van der Waals surface area contributed by atoms with Crippen LogP contribution in [0, 0.1) is 11.3 Å². The standard InChI is InChI=1S/C12H16ClN3/c1-16(2)7-6-15-12(9-14)10-4-3-5-11(13)8-10/h3-5,8,12,15H,6-7H2,1-2H3. The quantitative estimate of drug-likeness (QED) is 0.852. The second-order valence-corrected chi connectivity index (χ2v) is 4.31. The molecule has 3 nitrogen and oxygen atoms in total. The molecule has 0 fully saturated rings. The molecule has 1 atom stereocenters. The molecule has 1 N–H and O–H groups in total. The van der Waals surface area contributed by atoms with Crippen molar-refractivity contribution in [2.24, 2.45) is 0 Å². The van der Waals surface area contributed by atoms with E-state index < -0.39 is 0 Å². The van der Waals surface area contributed by atoms with E-state index in [1.54, 1.807) is 6.07 Å². The minimum atomic E-state index is -0.293. The Morgan fingerprint density at radius 2 is 2.25 bits per heavy atom. The Hall–Kier alpha value is -1.08. The summed E-state index contributed by atoms with van der Waals surface area (Å²) in [6.07, 6.45) is 0. The first-order valence-corrected chi connectivity index (χ1v) is 5.54. The molecule has 1 aromatic carbocycles. The van der Waals surface area contributed by atoms with Crippen molar-refractivity contribution in [3.8, 4) is 6.07 Å². The molecular formula is C12H16ClN3. The summed E-state index contributed by atoms with van der Waals surface area (Å²) in [7, 11) is 4.00. The molecule has 0 aromatic heterocycles. The highest BCUT2D eigenvalue weighted by Gasteiger charge is 2.09. The summed E-state index contributed by atoms with van der Waals surface area (Å²) in [5, 5.41) is 12.9. The van der Waals surface area contributed by atoms with Gasteiger partial charge < -0.3 is 4.90 Å². The molecule has 1 unspecified atom stereocenters. The highest BCUT2D eigenvalue weighted by Crippen LogP contribution is 2.16. The predicted octanol–water partition coefficient (Wildman–Crippen LogP) is 2.06. The molecule has 4 heteroatoms. The average Bonchev–Trinajstić information content (AvgIpc) is 2.24. The fourth-order valence-corrected chi connectivity index (χ4v) is 1.56. The molecule has 86 valence electrons. The van der Waals surface area contributed by atoms with Crippen molar-refractivity contribution in [1.29, 1.82) is 5.26 Å². The predicted molar refractivity (Wildman–Crippen MR) is 66.4 cm³/mol. The zero-order chi connectivity index (χ0) is 12.0. The van der Waals surface area contributed by atoms with Crippen LogP contribution in [0.3, 0.4) is 0 Å². The normalized spacial score (nSPS) is 12.4. The molecule has 0 aliphatic rings. The Bertz CT molecular complexity index is 371. The molecule has 0 radical (unpaired) electrons. The van der Waals surface area contributed by atoms with Gasteiger partial charge in [0.2, 0.25) is 0 Å². The summed E-state index contributed by atoms with van der Waals surface area (Å²) >= 11 is 5.88. The van der Waals surface area contributed by atoms with Crippen LogP contribution < -0.4 is 5.32 Å². The van der Waals surface area contributed by atoms with Crippen molar-refractivity contribution in [3.63, 3.8) is 0 Å². The van der Waals surface area contributed by atoms with E-state index in [1.165, 1.54) is 0 Å². The lowest BCUT2D eigenvalue weighted by atomic mass is 10.1. The number of nitrogens with one attached hydrogen (secondary N) is 1. The van der Waals surface area contributed by atoms with Crippen LogP contribution in [0.25, 0.3) is 0 Å². The third kappa shape index (κ3) is 4.19. The topological polar surface area (TPSA) is 39.1 Å². The van der Waals surface area contributed by atoms with Crippen LogP contribution in [-0.4, -0.2) is 32.1 Å². The lowest BCUT2D eigenvalue weighted by molar-refractivity contribution is 0.395. The van der Waals surface area contributed by atoms with Crippen LogP contribution in [0.1, 0.15) is 11.6 Å². The number of nitrogens with zero attached hydrogens (tertiary/aromatic N) is 2. The summed E-state index contributed by atoms with van der Waals surface area (Å²) in [4.78, 5) is 2.07. The minimum Gasteiger partial charge on any atom is -0.308 e. The average molecular weight is 238 g/mol. The molecule has 0 saturated carbocycles. The van der Waals surface area contributed by atoms with Crippen molar-refractivity contribution < 1.29 is 0 Å². The largest absolute Gasteiger partial charge is 0.308 e. The highest BCUT2D eigenvalue weighted by molar-refractivity contribution is 6.30. The van der Waals surface area contributed by atoms with E-state index in [1.807, 2.05) is 32.3 Å². The van der Waals surface area contributed by atoms with E-state index in [4.69, 9.17) is 16.9 Å². The van der Waals surface area contributed by atoms with Gasteiger partial charge in [-0.25, -0.2) is 0 Å².